The number of nitrogens with zero attached hydrogens (tertiary/aromatic N) is 3. The molecule has 5 rings (SSSR count). The molecule has 0 aliphatic carbocycles. The van der Waals surface area contributed by atoms with E-state index in [4.69, 9.17) is 0 Å². The van der Waals surface area contributed by atoms with Crippen LogP contribution in [0.15, 0.2) is 96.4 Å². The lowest BCUT2D eigenvalue weighted by molar-refractivity contribution is 0.590. The molecule has 0 spiro atoms. The van der Waals surface area contributed by atoms with Crippen LogP contribution in [0.25, 0.3) is 21.8 Å². The van der Waals surface area contributed by atoms with E-state index in [1.54, 1.807) is 36.8 Å². The third-order valence-electron chi connectivity index (χ3n) is 5.39. The van der Waals surface area contributed by atoms with Crippen molar-refractivity contribution in [2.24, 2.45) is 0 Å². The second-order valence-electron chi connectivity index (χ2n) is 7.06. The summed E-state index contributed by atoms with van der Waals surface area (Å²) in [5.74, 6) is 0. The highest BCUT2D eigenvalue weighted by Crippen LogP contribution is 2.34. The Balaban J connectivity index is 1.82. The fraction of sp³-hybridized carbons (Fsp3) is 0.0870. The maximum absolute atomic E-state index is 13.6. The van der Waals surface area contributed by atoms with Crippen molar-refractivity contribution >= 4 is 31.8 Å². The van der Waals surface area contributed by atoms with Gasteiger partial charge in [-0.15, -0.1) is 0 Å². The Kier molecular flexibility index (Phi) is 4.03. The van der Waals surface area contributed by atoms with Crippen molar-refractivity contribution in [2.45, 2.75) is 17.9 Å². The van der Waals surface area contributed by atoms with E-state index in [2.05, 4.69) is 18.0 Å². The molecule has 0 saturated heterocycles. The number of para-hydroxylation sites is 1. The van der Waals surface area contributed by atoms with Gasteiger partial charge in [-0.3, -0.25) is 0 Å². The van der Waals surface area contributed by atoms with Crippen LogP contribution in [0.3, 0.4) is 0 Å². The molecule has 2 aromatic heterocycles. The van der Waals surface area contributed by atoms with E-state index in [-0.39, 0.29) is 10.9 Å². The molecular formula is C23H19N3O2S. The predicted molar refractivity (Wildman–Crippen MR) is 115 cm³/mol. The first kappa shape index (κ1) is 17.7. The van der Waals surface area contributed by atoms with Crippen molar-refractivity contribution in [3.05, 3.63) is 97.1 Å². The van der Waals surface area contributed by atoms with E-state index in [9.17, 15) is 8.42 Å². The van der Waals surface area contributed by atoms with Crippen LogP contribution in [-0.2, 0) is 10.0 Å². The van der Waals surface area contributed by atoms with E-state index >= 15 is 0 Å². The van der Waals surface area contributed by atoms with Crippen molar-refractivity contribution in [3.8, 4) is 0 Å². The summed E-state index contributed by atoms with van der Waals surface area (Å²) in [4.78, 5) is 4.40. The average molecular weight is 401 g/mol. The van der Waals surface area contributed by atoms with Crippen molar-refractivity contribution in [1.29, 1.82) is 0 Å². The zero-order chi connectivity index (χ0) is 20.0. The maximum Gasteiger partial charge on any atom is 0.268 e. The molecule has 1 atom stereocenters. The molecule has 0 fully saturated rings. The van der Waals surface area contributed by atoms with Gasteiger partial charge in [-0.1, -0.05) is 48.5 Å². The van der Waals surface area contributed by atoms with Crippen LogP contribution in [0.1, 0.15) is 18.5 Å². The highest BCUT2D eigenvalue weighted by molar-refractivity contribution is 7.90. The first-order valence-corrected chi connectivity index (χ1v) is 10.8. The van der Waals surface area contributed by atoms with Crippen LogP contribution in [0.4, 0.5) is 0 Å². The van der Waals surface area contributed by atoms with E-state index in [1.807, 2.05) is 53.2 Å². The number of benzene rings is 3. The SMILES string of the molecule is CC(c1ccc2c3ccccc3n(S(=O)(=O)c3ccccc3)c2c1)n1ccnc1. The van der Waals surface area contributed by atoms with Crippen LogP contribution in [-0.4, -0.2) is 21.9 Å². The normalized spacial score (nSPS) is 13.1. The Morgan fingerprint density at radius 3 is 2.34 bits per heavy atom. The van der Waals surface area contributed by atoms with Crippen LogP contribution in [0.2, 0.25) is 0 Å². The maximum atomic E-state index is 13.6. The molecule has 144 valence electrons. The van der Waals surface area contributed by atoms with Crippen LogP contribution in [0.5, 0.6) is 0 Å². The highest BCUT2D eigenvalue weighted by atomic mass is 32.2. The van der Waals surface area contributed by atoms with E-state index in [0.717, 1.165) is 16.3 Å². The molecule has 5 aromatic rings. The average Bonchev–Trinajstić information content (AvgIpc) is 3.40. The first-order valence-electron chi connectivity index (χ1n) is 9.38. The predicted octanol–water partition coefficient (Wildman–Crippen LogP) is 4.84. The summed E-state index contributed by atoms with van der Waals surface area (Å²) in [5, 5.41) is 1.84. The quantitative estimate of drug-likeness (QED) is 0.433. The minimum atomic E-state index is -3.75. The lowest BCUT2D eigenvalue weighted by Gasteiger charge is -2.15. The second-order valence-corrected chi connectivity index (χ2v) is 8.85. The standard InChI is InChI=1S/C23H19N3O2S/c1-17(25-14-13-24-16-25)18-11-12-21-20-9-5-6-10-22(20)26(23(21)15-18)29(27,28)19-7-3-2-4-8-19/h2-17H,1H3. The van der Waals surface area contributed by atoms with Gasteiger partial charge in [0.25, 0.3) is 10.0 Å². The molecule has 2 heterocycles. The lowest BCUT2D eigenvalue weighted by Crippen LogP contribution is -2.13. The zero-order valence-corrected chi connectivity index (χ0v) is 16.6. The summed E-state index contributed by atoms with van der Waals surface area (Å²) in [6.07, 6.45) is 5.42. The molecule has 5 nitrogen and oxygen atoms in total. The van der Waals surface area contributed by atoms with Crippen LogP contribution in [0, 0.1) is 0 Å². The van der Waals surface area contributed by atoms with Crippen molar-refractivity contribution in [1.82, 2.24) is 13.5 Å². The van der Waals surface area contributed by atoms with Crippen molar-refractivity contribution in [3.63, 3.8) is 0 Å². The van der Waals surface area contributed by atoms with Gasteiger partial charge in [0, 0.05) is 23.2 Å². The third-order valence-corrected chi connectivity index (χ3v) is 7.13. The Hall–Kier alpha value is -3.38. The molecular weight excluding hydrogens is 382 g/mol. The second kappa shape index (κ2) is 6.60. The summed E-state index contributed by atoms with van der Waals surface area (Å²) >= 11 is 0. The number of hydrogen-bond donors (Lipinski definition) is 0. The molecule has 0 aliphatic rings. The fourth-order valence-electron chi connectivity index (χ4n) is 3.84. The molecule has 0 N–H and O–H groups in total. The van der Waals surface area contributed by atoms with Crippen LogP contribution < -0.4 is 0 Å². The van der Waals surface area contributed by atoms with Gasteiger partial charge in [0.2, 0.25) is 0 Å². The van der Waals surface area contributed by atoms with Crippen LogP contribution >= 0.6 is 0 Å². The van der Waals surface area contributed by atoms with E-state index in [0.29, 0.717) is 11.0 Å². The molecule has 0 bridgehead atoms. The van der Waals surface area contributed by atoms with Gasteiger partial charge < -0.3 is 4.57 Å². The number of rotatable bonds is 4. The minimum Gasteiger partial charge on any atom is -0.330 e. The Morgan fingerprint density at radius 1 is 0.862 bits per heavy atom. The van der Waals surface area contributed by atoms with E-state index in [1.165, 1.54) is 3.97 Å². The largest absolute Gasteiger partial charge is 0.330 e. The summed E-state index contributed by atoms with van der Waals surface area (Å²) < 4.78 is 30.6. The number of hydrogen-bond acceptors (Lipinski definition) is 3. The first-order chi connectivity index (χ1) is 14.1. The van der Waals surface area contributed by atoms with Gasteiger partial charge in [0.1, 0.15) is 0 Å². The number of aromatic nitrogens is 3. The van der Waals surface area contributed by atoms with Crippen molar-refractivity contribution in [2.75, 3.05) is 0 Å². The lowest BCUT2D eigenvalue weighted by atomic mass is 10.1. The van der Waals surface area contributed by atoms with Gasteiger partial charge in [-0.05, 0) is 36.8 Å². The van der Waals surface area contributed by atoms with Gasteiger partial charge >= 0.3 is 0 Å². The highest BCUT2D eigenvalue weighted by Gasteiger charge is 2.23. The summed E-state index contributed by atoms with van der Waals surface area (Å²) in [7, 11) is -3.75. The third kappa shape index (κ3) is 2.76. The molecule has 0 saturated carbocycles. The smallest absolute Gasteiger partial charge is 0.268 e. The molecule has 0 radical (unpaired) electrons. The molecule has 0 amide bonds. The Labute approximate surface area is 168 Å². The summed E-state index contributed by atoms with van der Waals surface area (Å²) in [5.41, 5.74) is 2.38. The Morgan fingerprint density at radius 2 is 1.59 bits per heavy atom. The van der Waals surface area contributed by atoms with E-state index < -0.39 is 10.0 Å². The molecule has 29 heavy (non-hydrogen) atoms. The Bertz CT molecular complexity index is 1420. The summed E-state index contributed by atoms with van der Waals surface area (Å²) in [6.45, 7) is 2.07. The minimum absolute atomic E-state index is 0.0350. The molecule has 3 aromatic carbocycles. The molecule has 0 aliphatic heterocycles. The molecule has 6 heteroatoms. The van der Waals surface area contributed by atoms with Gasteiger partial charge in [0.15, 0.2) is 0 Å². The monoisotopic (exact) mass is 401 g/mol. The fourth-order valence-corrected chi connectivity index (χ4v) is 5.38. The number of fused-ring (bicyclic) bond motifs is 3. The summed E-state index contributed by atoms with van der Waals surface area (Å²) in [6, 6.07) is 22.3. The molecule has 1 unspecified atom stereocenters. The van der Waals surface area contributed by atoms with Gasteiger partial charge in [-0.2, -0.15) is 0 Å². The topological polar surface area (TPSA) is 56.9 Å². The van der Waals surface area contributed by atoms with Crippen molar-refractivity contribution < 1.29 is 8.42 Å². The number of imidazole rings is 1. The van der Waals surface area contributed by atoms with Gasteiger partial charge in [0.05, 0.1) is 28.3 Å². The van der Waals surface area contributed by atoms with Gasteiger partial charge in [-0.25, -0.2) is 17.4 Å². The zero-order valence-electron chi connectivity index (χ0n) is 15.8.